The molecule has 0 aliphatic heterocycles. The first kappa shape index (κ1) is 15.6. The molecule has 1 aromatic rings. The summed E-state index contributed by atoms with van der Waals surface area (Å²) in [4.78, 5) is 11.9. The maximum Gasteiger partial charge on any atom is 0.418 e. The van der Waals surface area contributed by atoms with Crippen LogP contribution in [0.4, 0.5) is 23.7 Å². The molecule has 0 radical (unpaired) electrons. The van der Waals surface area contributed by atoms with E-state index in [-0.39, 0.29) is 17.8 Å². The van der Waals surface area contributed by atoms with Crippen molar-refractivity contribution >= 4 is 11.7 Å². The molecule has 1 saturated carbocycles. The lowest BCUT2D eigenvalue weighted by atomic mass is 9.91. The number of anilines is 1. The second kappa shape index (κ2) is 6.34. The summed E-state index contributed by atoms with van der Waals surface area (Å²) in [5.41, 5.74) is 4.77. The minimum Gasteiger partial charge on any atom is -0.334 e. The van der Waals surface area contributed by atoms with Crippen LogP contribution in [0.15, 0.2) is 24.3 Å². The summed E-state index contributed by atoms with van der Waals surface area (Å²) >= 11 is 0. The molecule has 2 amide bonds. The molecule has 116 valence electrons. The lowest BCUT2D eigenvalue weighted by Crippen LogP contribution is -2.50. The number of nitrogens with two attached hydrogens (primary N) is 1. The van der Waals surface area contributed by atoms with E-state index in [0.717, 1.165) is 31.7 Å². The van der Waals surface area contributed by atoms with E-state index in [1.165, 1.54) is 18.2 Å². The average molecular weight is 301 g/mol. The fraction of sp³-hybridized carbons (Fsp3) is 0.500. The molecule has 0 saturated heterocycles. The Kier molecular flexibility index (Phi) is 4.72. The molecule has 2 rings (SSSR count). The molecule has 4 nitrogen and oxygen atoms in total. The van der Waals surface area contributed by atoms with E-state index in [4.69, 9.17) is 5.73 Å². The van der Waals surface area contributed by atoms with Gasteiger partial charge in [0.2, 0.25) is 0 Å². The summed E-state index contributed by atoms with van der Waals surface area (Å²) in [6.45, 7) is 0. The Morgan fingerprint density at radius 1 is 1.19 bits per heavy atom. The van der Waals surface area contributed by atoms with Gasteiger partial charge in [0.15, 0.2) is 0 Å². The van der Waals surface area contributed by atoms with Crippen molar-refractivity contribution in [3.8, 4) is 0 Å². The van der Waals surface area contributed by atoms with E-state index in [1.807, 2.05) is 0 Å². The van der Waals surface area contributed by atoms with E-state index >= 15 is 0 Å². The summed E-state index contributed by atoms with van der Waals surface area (Å²) in [5.74, 6) is 0. The second-order valence-electron chi connectivity index (χ2n) is 5.20. The zero-order valence-electron chi connectivity index (χ0n) is 11.4. The standard InChI is InChI=1S/C14H18F3N3O/c15-14(16,17)9-5-1-3-7-11(9)19-13(21)20-12-8-4-2-6-10(12)18/h1,3,5,7,10,12H,2,4,6,8,18H2,(H2,19,20,21). The van der Waals surface area contributed by atoms with Crippen molar-refractivity contribution in [2.24, 2.45) is 5.73 Å². The van der Waals surface area contributed by atoms with E-state index in [2.05, 4.69) is 10.6 Å². The molecule has 1 aliphatic carbocycles. The number of para-hydroxylation sites is 1. The van der Waals surface area contributed by atoms with Crippen LogP contribution in [0.25, 0.3) is 0 Å². The normalized spacial score (nSPS) is 22.7. The third-order valence-electron chi connectivity index (χ3n) is 3.62. The first-order valence-electron chi connectivity index (χ1n) is 6.87. The van der Waals surface area contributed by atoms with Gasteiger partial charge >= 0.3 is 12.2 Å². The minimum atomic E-state index is -4.51. The molecule has 7 heteroatoms. The molecule has 2 unspecified atom stereocenters. The average Bonchev–Trinajstić information content (AvgIpc) is 2.41. The first-order valence-corrected chi connectivity index (χ1v) is 6.87. The van der Waals surface area contributed by atoms with Crippen molar-refractivity contribution in [1.29, 1.82) is 0 Å². The van der Waals surface area contributed by atoms with Crippen molar-refractivity contribution in [2.45, 2.75) is 43.9 Å². The molecule has 1 aromatic carbocycles. The molecule has 0 bridgehead atoms. The highest BCUT2D eigenvalue weighted by Crippen LogP contribution is 2.34. The van der Waals surface area contributed by atoms with Gasteiger partial charge in [-0.05, 0) is 25.0 Å². The lowest BCUT2D eigenvalue weighted by Gasteiger charge is -2.29. The fourth-order valence-electron chi connectivity index (χ4n) is 2.50. The Morgan fingerprint density at radius 3 is 2.52 bits per heavy atom. The number of benzene rings is 1. The molecule has 1 aliphatic rings. The molecule has 1 fully saturated rings. The smallest absolute Gasteiger partial charge is 0.334 e. The number of hydrogen-bond acceptors (Lipinski definition) is 2. The number of nitrogens with one attached hydrogen (secondary N) is 2. The quantitative estimate of drug-likeness (QED) is 0.785. The van der Waals surface area contributed by atoms with Crippen LogP contribution >= 0.6 is 0 Å². The Morgan fingerprint density at radius 2 is 1.86 bits per heavy atom. The zero-order valence-corrected chi connectivity index (χ0v) is 11.4. The molecular weight excluding hydrogens is 283 g/mol. The number of rotatable bonds is 2. The van der Waals surface area contributed by atoms with Gasteiger partial charge in [0, 0.05) is 12.1 Å². The maximum absolute atomic E-state index is 12.8. The number of urea groups is 1. The fourth-order valence-corrected chi connectivity index (χ4v) is 2.50. The highest BCUT2D eigenvalue weighted by atomic mass is 19.4. The van der Waals surface area contributed by atoms with Crippen molar-refractivity contribution in [1.82, 2.24) is 5.32 Å². The number of carbonyl (C=O) groups excluding carboxylic acids is 1. The molecular formula is C14H18F3N3O. The monoisotopic (exact) mass is 301 g/mol. The van der Waals surface area contributed by atoms with E-state index < -0.39 is 17.8 Å². The number of hydrogen-bond donors (Lipinski definition) is 3. The molecule has 2 atom stereocenters. The highest BCUT2D eigenvalue weighted by molar-refractivity contribution is 5.90. The maximum atomic E-state index is 12.8. The third kappa shape index (κ3) is 4.10. The number of amides is 2. The highest BCUT2D eigenvalue weighted by Gasteiger charge is 2.33. The van der Waals surface area contributed by atoms with Crippen LogP contribution in [-0.2, 0) is 6.18 Å². The SMILES string of the molecule is NC1CCCCC1NC(=O)Nc1ccccc1C(F)(F)F. The number of halogens is 3. The van der Waals surface area contributed by atoms with Gasteiger partial charge in [-0.3, -0.25) is 0 Å². The second-order valence-corrected chi connectivity index (χ2v) is 5.20. The van der Waals surface area contributed by atoms with Crippen LogP contribution in [-0.4, -0.2) is 18.1 Å². The summed E-state index contributed by atoms with van der Waals surface area (Å²) in [5, 5.41) is 4.91. The van der Waals surface area contributed by atoms with Gasteiger partial charge in [-0.2, -0.15) is 13.2 Å². The van der Waals surface area contributed by atoms with Crippen LogP contribution in [0.1, 0.15) is 31.2 Å². The minimum absolute atomic E-state index is 0.151. The van der Waals surface area contributed by atoms with Gasteiger partial charge < -0.3 is 16.4 Å². The van der Waals surface area contributed by atoms with Crippen molar-refractivity contribution < 1.29 is 18.0 Å². The molecule has 0 heterocycles. The summed E-state index contributed by atoms with van der Waals surface area (Å²) < 4.78 is 38.5. The van der Waals surface area contributed by atoms with Gasteiger partial charge in [-0.1, -0.05) is 25.0 Å². The molecule has 21 heavy (non-hydrogen) atoms. The van der Waals surface area contributed by atoms with Crippen LogP contribution in [0.5, 0.6) is 0 Å². The van der Waals surface area contributed by atoms with E-state index in [9.17, 15) is 18.0 Å². The Labute approximate surface area is 120 Å². The van der Waals surface area contributed by atoms with E-state index in [1.54, 1.807) is 0 Å². The van der Waals surface area contributed by atoms with Gasteiger partial charge in [0.25, 0.3) is 0 Å². The number of carbonyl (C=O) groups is 1. The summed E-state index contributed by atoms with van der Waals surface area (Å²) in [7, 11) is 0. The zero-order chi connectivity index (χ0) is 15.5. The lowest BCUT2D eigenvalue weighted by molar-refractivity contribution is -0.136. The van der Waals surface area contributed by atoms with Gasteiger partial charge in [-0.15, -0.1) is 0 Å². The molecule has 0 aromatic heterocycles. The van der Waals surface area contributed by atoms with Crippen LogP contribution in [0.2, 0.25) is 0 Å². The molecule has 0 spiro atoms. The summed E-state index contributed by atoms with van der Waals surface area (Å²) in [6.07, 6.45) is -0.986. The van der Waals surface area contributed by atoms with Crippen LogP contribution in [0.3, 0.4) is 0 Å². The number of alkyl halides is 3. The van der Waals surface area contributed by atoms with E-state index in [0.29, 0.717) is 0 Å². The van der Waals surface area contributed by atoms with Crippen molar-refractivity contribution in [3.05, 3.63) is 29.8 Å². The van der Waals surface area contributed by atoms with Gasteiger partial charge in [-0.25, -0.2) is 4.79 Å². The molecule has 4 N–H and O–H groups in total. The topological polar surface area (TPSA) is 67.1 Å². The van der Waals surface area contributed by atoms with Crippen LogP contribution < -0.4 is 16.4 Å². The Bertz CT molecular complexity index is 504. The summed E-state index contributed by atoms with van der Waals surface area (Å²) in [6, 6.07) is 3.87. The Balaban J connectivity index is 2.03. The van der Waals surface area contributed by atoms with Gasteiger partial charge in [0.1, 0.15) is 0 Å². The van der Waals surface area contributed by atoms with Gasteiger partial charge in [0.05, 0.1) is 11.3 Å². The third-order valence-corrected chi connectivity index (χ3v) is 3.62. The van der Waals surface area contributed by atoms with Crippen LogP contribution in [0, 0.1) is 0 Å². The van der Waals surface area contributed by atoms with Crippen molar-refractivity contribution in [2.75, 3.05) is 5.32 Å². The first-order chi connectivity index (χ1) is 9.88. The predicted octanol–water partition coefficient (Wildman–Crippen LogP) is 3.10. The largest absolute Gasteiger partial charge is 0.418 e. The van der Waals surface area contributed by atoms with Crippen molar-refractivity contribution in [3.63, 3.8) is 0 Å². The Hall–Kier alpha value is -1.76. The predicted molar refractivity (Wildman–Crippen MR) is 73.8 cm³/mol.